The largest absolute Gasteiger partial charge is 0.405 e. The summed E-state index contributed by atoms with van der Waals surface area (Å²) in [6, 6.07) is 0.997. The maximum absolute atomic E-state index is 12.4. The second-order valence-electron chi connectivity index (χ2n) is 7.14. The Balaban J connectivity index is 1.53. The minimum Gasteiger partial charge on any atom is -0.346 e. The first-order chi connectivity index (χ1) is 14.4. The Kier molecular flexibility index (Phi) is 4.15. The van der Waals surface area contributed by atoms with Crippen molar-refractivity contribution in [3.05, 3.63) is 30.9 Å². The second-order valence-corrected chi connectivity index (χ2v) is 7.14. The van der Waals surface area contributed by atoms with Crippen molar-refractivity contribution in [2.45, 2.75) is 18.6 Å². The highest BCUT2D eigenvalue weighted by atomic mass is 19.4. The third-order valence-corrected chi connectivity index (χ3v) is 5.20. The van der Waals surface area contributed by atoms with Gasteiger partial charge in [-0.25, -0.2) is 19.7 Å². The van der Waals surface area contributed by atoms with Gasteiger partial charge < -0.3 is 24.8 Å². The van der Waals surface area contributed by atoms with E-state index >= 15 is 0 Å². The zero-order chi connectivity index (χ0) is 20.9. The van der Waals surface area contributed by atoms with Gasteiger partial charge in [0.1, 0.15) is 17.7 Å². The summed E-state index contributed by atoms with van der Waals surface area (Å²) in [5.41, 5.74) is 2.22. The molecule has 1 saturated heterocycles. The highest BCUT2D eigenvalue weighted by Crippen LogP contribution is 2.34. The molecular weight excluding hydrogens is 401 g/mol. The summed E-state index contributed by atoms with van der Waals surface area (Å²) in [6.45, 7) is -0.752. The van der Waals surface area contributed by atoms with Crippen LogP contribution in [0.4, 0.5) is 18.0 Å². The molecule has 156 valence electrons. The van der Waals surface area contributed by atoms with Crippen LogP contribution in [-0.2, 0) is 0 Å². The molecule has 1 atom stereocenters. The number of pyridine rings is 1. The van der Waals surface area contributed by atoms with Crippen LogP contribution in [0.5, 0.6) is 0 Å². The molecule has 0 aliphatic carbocycles. The van der Waals surface area contributed by atoms with Gasteiger partial charge in [-0.3, -0.25) is 0 Å². The maximum Gasteiger partial charge on any atom is 0.405 e. The number of amides is 2. The fourth-order valence-electron chi connectivity index (χ4n) is 3.93. The molecule has 9 nitrogen and oxygen atoms in total. The number of nitrogens with one attached hydrogen (secondary N) is 3. The standard InChI is InChI=1S/C18H17F3N8O/c19-18(20,21)9-26-17(30)28-6-2-10(8-28)29-13-11-1-3-22-14(11)25-7-12(13)27-16(29)15-23-4-5-24-15/h1,3-5,7,10H,2,6,8-9H2,(H,22,25)(H,23,24)(H,26,30)/t10-/m1/s1. The first-order valence-electron chi connectivity index (χ1n) is 9.34. The fraction of sp³-hybridized carbons (Fsp3) is 0.333. The van der Waals surface area contributed by atoms with E-state index < -0.39 is 18.8 Å². The van der Waals surface area contributed by atoms with Crippen molar-refractivity contribution in [1.29, 1.82) is 0 Å². The molecule has 0 spiro atoms. The van der Waals surface area contributed by atoms with Gasteiger partial charge in [-0.15, -0.1) is 0 Å². The molecule has 1 fully saturated rings. The van der Waals surface area contributed by atoms with Crippen LogP contribution in [0.25, 0.3) is 33.7 Å². The fourth-order valence-corrected chi connectivity index (χ4v) is 3.93. The average molecular weight is 418 g/mol. The number of imidazole rings is 2. The molecule has 0 radical (unpaired) electrons. The Morgan fingerprint density at radius 3 is 2.90 bits per heavy atom. The molecule has 5 heterocycles. The Hall–Kier alpha value is -3.57. The van der Waals surface area contributed by atoms with Gasteiger partial charge >= 0.3 is 12.2 Å². The van der Waals surface area contributed by atoms with Crippen LogP contribution in [-0.4, -0.2) is 66.2 Å². The molecule has 0 unspecified atom stereocenters. The molecule has 2 amide bonds. The molecule has 4 aromatic rings. The van der Waals surface area contributed by atoms with Crippen molar-refractivity contribution < 1.29 is 18.0 Å². The zero-order valence-corrected chi connectivity index (χ0v) is 15.6. The van der Waals surface area contributed by atoms with Crippen LogP contribution in [0, 0.1) is 0 Å². The van der Waals surface area contributed by atoms with Gasteiger partial charge in [-0.2, -0.15) is 13.2 Å². The lowest BCUT2D eigenvalue weighted by Gasteiger charge is -2.20. The number of H-pyrrole nitrogens is 2. The number of rotatable bonds is 3. The third-order valence-electron chi connectivity index (χ3n) is 5.20. The second kappa shape index (κ2) is 6.75. The third kappa shape index (κ3) is 3.13. The van der Waals surface area contributed by atoms with Crippen LogP contribution in [0.1, 0.15) is 12.5 Å². The predicted octanol–water partition coefficient (Wildman–Crippen LogP) is 2.82. The lowest BCUT2D eigenvalue weighted by atomic mass is 10.2. The summed E-state index contributed by atoms with van der Waals surface area (Å²) in [7, 11) is 0. The van der Waals surface area contributed by atoms with Crippen molar-refractivity contribution in [2.24, 2.45) is 0 Å². The molecule has 0 aromatic carbocycles. The summed E-state index contributed by atoms with van der Waals surface area (Å²) < 4.78 is 39.3. The Labute approximate surface area is 167 Å². The summed E-state index contributed by atoms with van der Waals surface area (Å²) in [4.78, 5) is 33.1. The molecule has 12 heteroatoms. The minimum absolute atomic E-state index is 0.174. The van der Waals surface area contributed by atoms with Crippen molar-refractivity contribution in [2.75, 3.05) is 19.6 Å². The quantitative estimate of drug-likeness (QED) is 0.476. The Bertz CT molecular complexity index is 1210. The van der Waals surface area contributed by atoms with Crippen molar-refractivity contribution in [3.8, 4) is 11.6 Å². The molecule has 3 N–H and O–H groups in total. The van der Waals surface area contributed by atoms with E-state index in [4.69, 9.17) is 4.98 Å². The van der Waals surface area contributed by atoms with Crippen LogP contribution in [0.2, 0.25) is 0 Å². The van der Waals surface area contributed by atoms with Gasteiger partial charge in [0, 0.05) is 37.1 Å². The van der Waals surface area contributed by atoms with Gasteiger partial charge in [0.2, 0.25) is 0 Å². The number of hydrogen-bond donors (Lipinski definition) is 3. The van der Waals surface area contributed by atoms with E-state index in [9.17, 15) is 18.0 Å². The van der Waals surface area contributed by atoms with E-state index in [-0.39, 0.29) is 12.6 Å². The molecule has 0 saturated carbocycles. The lowest BCUT2D eigenvalue weighted by Crippen LogP contribution is -2.42. The highest BCUT2D eigenvalue weighted by molar-refractivity contribution is 6.02. The number of nitrogens with zero attached hydrogens (tertiary/aromatic N) is 5. The molecule has 4 aromatic heterocycles. The summed E-state index contributed by atoms with van der Waals surface area (Å²) in [6.07, 6.45) is 2.89. The molecule has 1 aliphatic heterocycles. The van der Waals surface area contributed by atoms with Gasteiger partial charge in [-0.05, 0) is 12.5 Å². The van der Waals surface area contributed by atoms with Crippen molar-refractivity contribution in [3.63, 3.8) is 0 Å². The minimum atomic E-state index is -4.45. The number of carbonyl (C=O) groups is 1. The van der Waals surface area contributed by atoms with E-state index in [1.807, 2.05) is 16.0 Å². The molecular formula is C18H17F3N8O. The Morgan fingerprint density at radius 2 is 2.13 bits per heavy atom. The number of halogens is 3. The summed E-state index contributed by atoms with van der Waals surface area (Å²) >= 11 is 0. The van der Waals surface area contributed by atoms with Crippen LogP contribution < -0.4 is 5.32 Å². The van der Waals surface area contributed by atoms with Gasteiger partial charge in [0.25, 0.3) is 0 Å². The monoisotopic (exact) mass is 418 g/mol. The normalized spacial score (nSPS) is 17.3. The maximum atomic E-state index is 12.4. The average Bonchev–Trinajstić information content (AvgIpc) is 3.49. The first-order valence-corrected chi connectivity index (χ1v) is 9.34. The SMILES string of the molecule is O=C(NCC(F)(F)F)N1CC[C@@H](n2c(-c3ncc[nH]3)nc3cnc4[nH]ccc4c32)C1. The van der Waals surface area contributed by atoms with Crippen LogP contribution in [0.15, 0.2) is 30.9 Å². The number of aromatic nitrogens is 6. The number of fused-ring (bicyclic) bond motifs is 3. The number of hydrogen-bond acceptors (Lipinski definition) is 4. The molecule has 30 heavy (non-hydrogen) atoms. The van der Waals surface area contributed by atoms with Gasteiger partial charge in [0.15, 0.2) is 11.6 Å². The highest BCUT2D eigenvalue weighted by Gasteiger charge is 2.34. The number of likely N-dealkylation sites (tertiary alicyclic amines) is 1. The number of aromatic amines is 2. The molecule has 1 aliphatic rings. The van der Waals surface area contributed by atoms with E-state index in [1.54, 1.807) is 24.8 Å². The van der Waals surface area contributed by atoms with E-state index in [0.717, 1.165) is 10.9 Å². The van der Waals surface area contributed by atoms with E-state index in [1.165, 1.54) is 4.90 Å². The number of alkyl halides is 3. The van der Waals surface area contributed by atoms with Crippen LogP contribution in [0.3, 0.4) is 0 Å². The van der Waals surface area contributed by atoms with E-state index in [0.29, 0.717) is 35.8 Å². The molecule has 5 rings (SSSR count). The Morgan fingerprint density at radius 1 is 1.27 bits per heavy atom. The summed E-state index contributed by atoms with van der Waals surface area (Å²) in [5, 5.41) is 2.81. The smallest absolute Gasteiger partial charge is 0.346 e. The number of urea groups is 1. The lowest BCUT2D eigenvalue weighted by molar-refractivity contribution is -0.123. The first kappa shape index (κ1) is 18.5. The van der Waals surface area contributed by atoms with Crippen molar-refractivity contribution in [1.82, 2.24) is 39.7 Å². The summed E-state index contributed by atoms with van der Waals surface area (Å²) in [5.74, 6) is 1.16. The topological polar surface area (TPSA) is 108 Å². The molecule has 0 bridgehead atoms. The van der Waals surface area contributed by atoms with Crippen LogP contribution >= 0.6 is 0 Å². The zero-order valence-electron chi connectivity index (χ0n) is 15.6. The predicted molar refractivity (Wildman–Crippen MR) is 102 cm³/mol. The van der Waals surface area contributed by atoms with E-state index in [2.05, 4.69) is 19.9 Å². The van der Waals surface area contributed by atoms with Gasteiger partial charge in [-0.1, -0.05) is 0 Å². The number of carbonyl (C=O) groups excluding carboxylic acids is 1. The van der Waals surface area contributed by atoms with Crippen molar-refractivity contribution >= 4 is 28.1 Å². The van der Waals surface area contributed by atoms with Gasteiger partial charge in [0.05, 0.1) is 17.8 Å².